The van der Waals surface area contributed by atoms with Crippen molar-refractivity contribution in [3.05, 3.63) is 42.1 Å². The molecule has 66 valence electrons. The van der Waals surface area contributed by atoms with Crippen molar-refractivity contribution in [2.45, 2.75) is 0 Å². The molecule has 1 N–H and O–H groups in total. The van der Waals surface area contributed by atoms with E-state index in [-0.39, 0.29) is 35.1 Å². The first kappa shape index (κ1) is 11.2. The van der Waals surface area contributed by atoms with Crippen LogP contribution >= 0.6 is 0 Å². The summed E-state index contributed by atoms with van der Waals surface area (Å²) < 4.78 is 0. The van der Waals surface area contributed by atoms with Gasteiger partial charge in [0.25, 0.3) is 0 Å². The van der Waals surface area contributed by atoms with E-state index in [9.17, 15) is 4.79 Å². The molecular weight excluding hydrogens is 189 g/mol. The Morgan fingerprint density at radius 2 is 2.07 bits per heavy atom. The van der Waals surface area contributed by atoms with E-state index >= 15 is 0 Å². The van der Waals surface area contributed by atoms with Gasteiger partial charge in [0.2, 0.25) is 0 Å². The summed E-state index contributed by atoms with van der Waals surface area (Å²) in [4.78, 5) is 14.7. The number of hydrogen-bond acceptors (Lipinski definition) is 2. The third-order valence-electron chi connectivity index (χ3n) is 1.85. The monoisotopic (exact) mass is 197 g/mol. The molecule has 2 aromatic rings. The molecule has 2 rings (SSSR count). The van der Waals surface area contributed by atoms with Crippen molar-refractivity contribution in [2.75, 3.05) is 0 Å². The van der Waals surface area contributed by atoms with Crippen LogP contribution in [0.3, 0.4) is 0 Å². The van der Waals surface area contributed by atoms with Gasteiger partial charge in [-0.3, -0.25) is 4.98 Å². The van der Waals surface area contributed by atoms with E-state index in [1.807, 2.05) is 12.1 Å². The first-order chi connectivity index (χ1) is 6.27. The predicted octanol–water partition coefficient (Wildman–Crippen LogP) is 1.28. The van der Waals surface area contributed by atoms with Gasteiger partial charge in [0.15, 0.2) is 0 Å². The van der Waals surface area contributed by atoms with Crippen LogP contribution in [0.2, 0.25) is 0 Å². The van der Waals surface area contributed by atoms with Crippen molar-refractivity contribution in [1.29, 1.82) is 0 Å². The molecule has 1 aromatic carbocycles. The quantitative estimate of drug-likeness (QED) is 0.700. The number of aromatic carboxylic acids is 1. The number of hydrogen-bond donors (Lipinski definition) is 1. The molecule has 0 bridgehead atoms. The van der Waals surface area contributed by atoms with Gasteiger partial charge in [-0.05, 0) is 18.2 Å². The fraction of sp³-hybridized carbons (Fsp3) is 0. The predicted molar refractivity (Wildman–Crippen MR) is 55.9 cm³/mol. The van der Waals surface area contributed by atoms with Gasteiger partial charge >= 0.3 is 35.5 Å². The molecule has 0 unspecified atom stereocenters. The molecule has 0 spiro atoms. The summed E-state index contributed by atoms with van der Waals surface area (Å²) in [6.07, 6.45) is 1.65. The molecule has 0 saturated heterocycles. The van der Waals surface area contributed by atoms with E-state index in [0.717, 1.165) is 5.39 Å². The number of nitrogens with zero attached hydrogens (tertiary/aromatic N) is 1. The van der Waals surface area contributed by atoms with Crippen molar-refractivity contribution < 1.29 is 9.90 Å². The third-order valence-corrected chi connectivity index (χ3v) is 1.85. The Kier molecular flexibility index (Phi) is 3.63. The average Bonchev–Trinajstić information content (AvgIpc) is 2.17. The minimum absolute atomic E-state index is 0. The number of carboxylic acid groups (broad SMARTS) is 1. The normalized spacial score (nSPS) is 9.43. The van der Waals surface area contributed by atoms with E-state index in [1.165, 1.54) is 0 Å². The molecule has 0 atom stereocenters. The van der Waals surface area contributed by atoms with Gasteiger partial charge in [-0.25, -0.2) is 4.79 Å². The summed E-state index contributed by atoms with van der Waals surface area (Å²) in [6, 6.07) is 8.62. The Balaban J connectivity index is 0.000000980. The van der Waals surface area contributed by atoms with E-state index in [2.05, 4.69) is 4.98 Å². The van der Waals surface area contributed by atoms with Crippen molar-refractivity contribution in [2.24, 2.45) is 0 Å². The van der Waals surface area contributed by atoms with Gasteiger partial charge in [0.1, 0.15) is 0 Å². The molecule has 0 saturated carbocycles. The summed E-state index contributed by atoms with van der Waals surface area (Å²) in [6.45, 7) is 0. The zero-order chi connectivity index (χ0) is 9.26. The molecule has 3 nitrogen and oxygen atoms in total. The van der Waals surface area contributed by atoms with Gasteiger partial charge in [0.05, 0.1) is 11.1 Å². The van der Waals surface area contributed by atoms with Gasteiger partial charge in [-0.15, -0.1) is 0 Å². The molecule has 4 heteroatoms. The molecular formula is C10H8NNaO2. The van der Waals surface area contributed by atoms with Crippen LogP contribution in [0.25, 0.3) is 10.9 Å². The number of benzene rings is 1. The maximum atomic E-state index is 10.6. The molecule has 0 aliphatic rings. The van der Waals surface area contributed by atoms with Crippen molar-refractivity contribution >= 4 is 46.4 Å². The number of pyridine rings is 1. The second-order valence-electron chi connectivity index (χ2n) is 2.72. The third kappa shape index (κ3) is 2.12. The van der Waals surface area contributed by atoms with E-state index in [4.69, 9.17) is 5.11 Å². The van der Waals surface area contributed by atoms with Crippen LogP contribution in [-0.2, 0) is 0 Å². The van der Waals surface area contributed by atoms with Crippen LogP contribution in [0, 0.1) is 0 Å². The van der Waals surface area contributed by atoms with Crippen LogP contribution in [0.5, 0.6) is 0 Å². The Labute approximate surface area is 103 Å². The Hall–Kier alpha value is -0.900. The van der Waals surface area contributed by atoms with Crippen molar-refractivity contribution in [1.82, 2.24) is 4.98 Å². The average molecular weight is 197 g/mol. The summed E-state index contributed by atoms with van der Waals surface area (Å²) in [5, 5.41) is 9.67. The Bertz CT molecular complexity index is 470. The molecule has 0 amide bonds. The fourth-order valence-corrected chi connectivity index (χ4v) is 1.20. The molecule has 0 aliphatic heterocycles. The van der Waals surface area contributed by atoms with E-state index in [0.29, 0.717) is 5.52 Å². The maximum absolute atomic E-state index is 10.6. The first-order valence-electron chi connectivity index (χ1n) is 3.85. The van der Waals surface area contributed by atoms with Gasteiger partial charge in [-0.2, -0.15) is 0 Å². The van der Waals surface area contributed by atoms with Crippen LogP contribution in [-0.4, -0.2) is 45.6 Å². The fourth-order valence-electron chi connectivity index (χ4n) is 1.20. The van der Waals surface area contributed by atoms with E-state index < -0.39 is 5.97 Å². The molecule has 0 fully saturated rings. The summed E-state index contributed by atoms with van der Waals surface area (Å²) in [5.74, 6) is -0.924. The van der Waals surface area contributed by atoms with Crippen LogP contribution in [0.1, 0.15) is 10.4 Å². The zero-order valence-electron chi connectivity index (χ0n) is 6.77. The SMILES string of the molecule is O=C(O)c1ccc2cccnc2c1.[NaH]. The van der Waals surface area contributed by atoms with Crippen LogP contribution in [0.15, 0.2) is 36.5 Å². The van der Waals surface area contributed by atoms with Gasteiger partial charge < -0.3 is 5.11 Å². The number of carboxylic acids is 1. The number of aromatic nitrogens is 1. The van der Waals surface area contributed by atoms with Crippen LogP contribution < -0.4 is 0 Å². The van der Waals surface area contributed by atoms with Gasteiger partial charge in [0, 0.05) is 11.6 Å². The zero-order valence-corrected chi connectivity index (χ0v) is 6.77. The standard InChI is InChI=1S/C10H7NO2.Na.H/c12-10(13)8-4-3-7-2-1-5-11-9(7)6-8;;/h1-6H,(H,12,13);;. The summed E-state index contributed by atoms with van der Waals surface area (Å²) in [7, 11) is 0. The Morgan fingerprint density at radius 1 is 1.29 bits per heavy atom. The molecule has 1 aromatic heterocycles. The van der Waals surface area contributed by atoms with Gasteiger partial charge in [-0.1, -0.05) is 12.1 Å². The first-order valence-corrected chi connectivity index (χ1v) is 3.85. The number of rotatable bonds is 1. The van der Waals surface area contributed by atoms with Crippen molar-refractivity contribution in [3.8, 4) is 0 Å². The number of carbonyl (C=O) groups is 1. The second kappa shape index (κ2) is 4.55. The molecule has 0 aliphatic carbocycles. The minimum atomic E-state index is -0.924. The number of fused-ring (bicyclic) bond motifs is 1. The van der Waals surface area contributed by atoms with Crippen LogP contribution in [0.4, 0.5) is 0 Å². The van der Waals surface area contributed by atoms with E-state index in [1.54, 1.807) is 24.4 Å². The topological polar surface area (TPSA) is 50.2 Å². The molecule has 0 radical (unpaired) electrons. The Morgan fingerprint density at radius 3 is 2.79 bits per heavy atom. The summed E-state index contributed by atoms with van der Waals surface area (Å²) in [5.41, 5.74) is 0.980. The second-order valence-corrected chi connectivity index (χ2v) is 2.72. The van der Waals surface area contributed by atoms with Crippen molar-refractivity contribution in [3.63, 3.8) is 0 Å². The summed E-state index contributed by atoms with van der Waals surface area (Å²) >= 11 is 0. The molecule has 1 heterocycles. The molecule has 14 heavy (non-hydrogen) atoms.